The highest BCUT2D eigenvalue weighted by Gasteiger charge is 2.14. The summed E-state index contributed by atoms with van der Waals surface area (Å²) >= 11 is 0. The molecule has 3 rings (SSSR count). The Morgan fingerprint density at radius 2 is 1.96 bits per heavy atom. The van der Waals surface area contributed by atoms with E-state index in [0.29, 0.717) is 24.4 Å². The van der Waals surface area contributed by atoms with Crippen molar-refractivity contribution < 1.29 is 12.8 Å². The van der Waals surface area contributed by atoms with E-state index in [4.69, 9.17) is 4.42 Å². The highest BCUT2D eigenvalue weighted by Crippen LogP contribution is 2.23. The largest absolute Gasteiger partial charge is 0.460 e. The molecule has 2 N–H and O–H groups in total. The fourth-order valence-corrected chi connectivity index (χ4v) is 3.92. The van der Waals surface area contributed by atoms with Crippen molar-refractivity contribution in [3.05, 3.63) is 60.0 Å². The number of aryl methyl sites for hydroxylation is 1. The van der Waals surface area contributed by atoms with Crippen LogP contribution in [-0.4, -0.2) is 30.9 Å². The van der Waals surface area contributed by atoms with Crippen LogP contribution in [0.3, 0.4) is 0 Å². The lowest BCUT2D eigenvalue weighted by Crippen LogP contribution is -2.18. The van der Waals surface area contributed by atoms with Gasteiger partial charge in [0.15, 0.2) is 15.6 Å². The lowest BCUT2D eigenvalue weighted by molar-refractivity contribution is 0.545. The fourth-order valence-electron chi connectivity index (χ4n) is 2.58. The van der Waals surface area contributed by atoms with E-state index in [1.165, 1.54) is 0 Å². The van der Waals surface area contributed by atoms with Crippen molar-refractivity contribution >= 4 is 9.84 Å². The van der Waals surface area contributed by atoms with Crippen molar-refractivity contribution in [2.24, 2.45) is 0 Å². The number of aromatic nitrogens is 2. The number of aromatic amines is 1. The first kappa shape index (κ1) is 17.4. The smallest absolute Gasteiger partial charge is 0.178 e. The van der Waals surface area contributed by atoms with Gasteiger partial charge in [-0.05, 0) is 44.2 Å². The Morgan fingerprint density at radius 1 is 1.16 bits per heavy atom. The minimum Gasteiger partial charge on any atom is -0.460 e. The predicted molar refractivity (Wildman–Crippen MR) is 95.8 cm³/mol. The number of H-pyrrole nitrogens is 1. The van der Waals surface area contributed by atoms with Gasteiger partial charge in [0.1, 0.15) is 11.5 Å². The maximum Gasteiger partial charge on any atom is 0.178 e. The zero-order valence-electron chi connectivity index (χ0n) is 14.0. The first-order chi connectivity index (χ1) is 12.1. The second-order valence-electron chi connectivity index (χ2n) is 5.84. The fraction of sp³-hybridized carbons (Fsp3) is 0.278. The molecule has 0 aliphatic heterocycles. The van der Waals surface area contributed by atoms with Crippen molar-refractivity contribution in [3.8, 4) is 11.5 Å². The van der Waals surface area contributed by atoms with Crippen molar-refractivity contribution in [3.63, 3.8) is 0 Å². The highest BCUT2D eigenvalue weighted by molar-refractivity contribution is 7.91. The lowest BCUT2D eigenvalue weighted by Gasteiger charge is -2.06. The third-order valence-electron chi connectivity index (χ3n) is 3.89. The van der Waals surface area contributed by atoms with Gasteiger partial charge in [0.25, 0.3) is 0 Å². The molecule has 132 valence electrons. The molecule has 2 aromatic heterocycles. The number of sulfone groups is 1. The van der Waals surface area contributed by atoms with E-state index in [2.05, 4.69) is 15.5 Å². The van der Waals surface area contributed by atoms with E-state index in [1.54, 1.807) is 30.5 Å². The third kappa shape index (κ3) is 4.37. The van der Waals surface area contributed by atoms with Gasteiger partial charge in [-0.15, -0.1) is 0 Å². The summed E-state index contributed by atoms with van der Waals surface area (Å²) in [6.07, 6.45) is 2.30. The Balaban J connectivity index is 1.49. The molecule has 0 saturated carbocycles. The number of benzene rings is 1. The number of nitrogens with one attached hydrogen (secondary N) is 2. The van der Waals surface area contributed by atoms with Crippen LogP contribution in [0.5, 0.6) is 0 Å². The first-order valence-corrected chi connectivity index (χ1v) is 9.79. The molecule has 0 aliphatic carbocycles. The van der Waals surface area contributed by atoms with Crippen LogP contribution in [0, 0.1) is 6.92 Å². The second kappa shape index (κ2) is 7.67. The zero-order valence-corrected chi connectivity index (χ0v) is 14.8. The van der Waals surface area contributed by atoms with E-state index in [1.807, 2.05) is 25.1 Å². The summed E-state index contributed by atoms with van der Waals surface area (Å²) in [5.74, 6) is 1.72. The monoisotopic (exact) mass is 359 g/mol. The molecule has 2 heterocycles. The lowest BCUT2D eigenvalue weighted by atomic mass is 10.2. The summed E-state index contributed by atoms with van der Waals surface area (Å²) in [4.78, 5) is 0.375. The van der Waals surface area contributed by atoms with Crippen LogP contribution in [0.1, 0.15) is 17.7 Å². The van der Waals surface area contributed by atoms with Gasteiger partial charge in [0.05, 0.1) is 16.8 Å². The quantitative estimate of drug-likeness (QED) is 0.604. The predicted octanol–water partition coefficient (Wildman–Crippen LogP) is 2.93. The number of furan rings is 1. The molecule has 0 unspecified atom stereocenters. The number of hydrogen-bond donors (Lipinski definition) is 2. The number of nitrogens with zero attached hydrogens (tertiary/aromatic N) is 1. The van der Waals surface area contributed by atoms with E-state index < -0.39 is 9.84 Å². The Hall–Kier alpha value is -2.38. The Kier molecular flexibility index (Phi) is 5.35. The molecule has 0 radical (unpaired) electrons. The van der Waals surface area contributed by atoms with E-state index >= 15 is 0 Å². The van der Waals surface area contributed by atoms with Crippen LogP contribution in [0.15, 0.2) is 58.0 Å². The minimum absolute atomic E-state index is 0.125. The summed E-state index contributed by atoms with van der Waals surface area (Å²) in [7, 11) is -3.22. The SMILES string of the molecule is Cc1ccc(-c2[nH]ncc2CNCCCS(=O)(=O)c2ccccc2)o1. The van der Waals surface area contributed by atoms with E-state index in [0.717, 1.165) is 22.8 Å². The first-order valence-electron chi connectivity index (χ1n) is 8.14. The van der Waals surface area contributed by atoms with E-state index in [-0.39, 0.29) is 5.75 Å². The van der Waals surface area contributed by atoms with Gasteiger partial charge in [-0.1, -0.05) is 18.2 Å². The summed E-state index contributed by atoms with van der Waals surface area (Å²) in [5, 5.41) is 10.3. The average Bonchev–Trinajstić information content (AvgIpc) is 3.24. The summed E-state index contributed by atoms with van der Waals surface area (Å²) in [6.45, 7) is 3.09. The minimum atomic E-state index is -3.22. The van der Waals surface area contributed by atoms with Gasteiger partial charge in [0, 0.05) is 12.1 Å². The van der Waals surface area contributed by atoms with E-state index in [9.17, 15) is 8.42 Å². The van der Waals surface area contributed by atoms with Crippen LogP contribution in [0.4, 0.5) is 0 Å². The van der Waals surface area contributed by atoms with Crippen LogP contribution >= 0.6 is 0 Å². The van der Waals surface area contributed by atoms with Crippen molar-refractivity contribution in [2.75, 3.05) is 12.3 Å². The Bertz CT molecular complexity index is 914. The number of rotatable bonds is 8. The van der Waals surface area contributed by atoms with Crippen LogP contribution < -0.4 is 5.32 Å². The average molecular weight is 359 g/mol. The topological polar surface area (TPSA) is 88.0 Å². The van der Waals surface area contributed by atoms with Gasteiger partial charge in [-0.25, -0.2) is 8.42 Å². The normalized spacial score (nSPS) is 11.7. The molecule has 0 fully saturated rings. The molecule has 0 amide bonds. The molecule has 6 nitrogen and oxygen atoms in total. The molecular weight excluding hydrogens is 338 g/mol. The Morgan fingerprint density at radius 3 is 2.68 bits per heavy atom. The van der Waals surface area contributed by atoms with Crippen molar-refractivity contribution in [1.82, 2.24) is 15.5 Å². The van der Waals surface area contributed by atoms with Gasteiger partial charge < -0.3 is 9.73 Å². The third-order valence-corrected chi connectivity index (χ3v) is 5.71. The number of hydrogen-bond acceptors (Lipinski definition) is 5. The maximum absolute atomic E-state index is 12.2. The zero-order chi connectivity index (χ0) is 17.7. The molecule has 0 saturated heterocycles. The summed E-state index contributed by atoms with van der Waals surface area (Å²) < 4.78 is 30.0. The summed E-state index contributed by atoms with van der Waals surface area (Å²) in [6, 6.07) is 12.4. The maximum atomic E-state index is 12.2. The second-order valence-corrected chi connectivity index (χ2v) is 7.95. The van der Waals surface area contributed by atoms with Crippen LogP contribution in [0.25, 0.3) is 11.5 Å². The van der Waals surface area contributed by atoms with Gasteiger partial charge in [-0.2, -0.15) is 5.10 Å². The molecular formula is C18H21N3O3S. The van der Waals surface area contributed by atoms with Gasteiger partial charge in [0.2, 0.25) is 0 Å². The van der Waals surface area contributed by atoms with Crippen molar-refractivity contribution in [2.45, 2.75) is 24.8 Å². The van der Waals surface area contributed by atoms with Gasteiger partial charge in [-0.3, -0.25) is 5.10 Å². The van der Waals surface area contributed by atoms with Crippen LogP contribution in [-0.2, 0) is 16.4 Å². The summed E-state index contributed by atoms with van der Waals surface area (Å²) in [5.41, 5.74) is 1.83. The van der Waals surface area contributed by atoms with Crippen LogP contribution in [0.2, 0.25) is 0 Å². The standard InChI is InChI=1S/C18H21N3O3S/c1-14-8-9-17(24-14)18-15(13-20-21-18)12-19-10-5-11-25(22,23)16-6-3-2-4-7-16/h2-4,6-9,13,19H,5,10-12H2,1H3,(H,20,21). The molecule has 3 aromatic rings. The molecule has 0 bridgehead atoms. The highest BCUT2D eigenvalue weighted by atomic mass is 32.2. The molecule has 7 heteroatoms. The molecule has 0 aliphatic rings. The van der Waals surface area contributed by atoms with Crippen molar-refractivity contribution in [1.29, 1.82) is 0 Å². The Labute approximate surface area is 147 Å². The molecule has 1 aromatic carbocycles. The van der Waals surface area contributed by atoms with Gasteiger partial charge >= 0.3 is 0 Å². The molecule has 0 spiro atoms. The molecule has 0 atom stereocenters. The molecule has 25 heavy (non-hydrogen) atoms.